The molecule has 0 amide bonds. The molecule has 2 aromatic carbocycles. The molecule has 0 fully saturated rings. The molecule has 11 heteroatoms. The summed E-state index contributed by atoms with van der Waals surface area (Å²) in [6.45, 7) is 7.76. The molecule has 0 N–H and O–H groups in total. The first-order valence-corrected chi connectivity index (χ1v) is 15.1. The number of benzene rings is 2. The summed E-state index contributed by atoms with van der Waals surface area (Å²) in [5.41, 5.74) is 1.44. The van der Waals surface area contributed by atoms with Crippen LogP contribution in [0.25, 0.3) is 0 Å². The molecule has 0 aliphatic carbocycles. The summed E-state index contributed by atoms with van der Waals surface area (Å²) in [5, 5.41) is 0. The van der Waals surface area contributed by atoms with E-state index < -0.39 is 44.8 Å². The van der Waals surface area contributed by atoms with Gasteiger partial charge in [-0.25, -0.2) is 0 Å². The molecule has 0 heterocycles. The van der Waals surface area contributed by atoms with Crippen molar-refractivity contribution in [3.8, 4) is 0 Å². The molecule has 0 aliphatic heterocycles. The molecule has 0 spiro atoms. The fourth-order valence-electron chi connectivity index (χ4n) is 3.51. The van der Waals surface area contributed by atoms with Crippen LogP contribution in [0.4, 0.5) is 11.4 Å². The Morgan fingerprint density at radius 2 is 0.769 bits per heavy atom. The van der Waals surface area contributed by atoms with E-state index in [1.807, 2.05) is 48.5 Å². The molecule has 0 bridgehead atoms. The Morgan fingerprint density at radius 1 is 0.513 bits per heavy atom. The molecule has 0 saturated heterocycles. The molecule has 0 aromatic heterocycles. The molecule has 0 saturated carbocycles. The first-order valence-electron chi connectivity index (χ1n) is 12.8. The van der Waals surface area contributed by atoms with Crippen molar-refractivity contribution in [1.82, 2.24) is 0 Å². The summed E-state index contributed by atoms with van der Waals surface area (Å²) in [4.78, 5) is 51.5. The van der Waals surface area contributed by atoms with Crippen molar-refractivity contribution in [3.05, 3.63) is 48.5 Å². The quantitative estimate of drug-likeness (QED) is 0.149. The van der Waals surface area contributed by atoms with Gasteiger partial charge in [0.1, 0.15) is 0 Å². The van der Waals surface area contributed by atoms with Gasteiger partial charge in [-0.1, -0.05) is 0 Å². The van der Waals surface area contributed by atoms with Crippen molar-refractivity contribution in [2.75, 3.05) is 62.4 Å². The van der Waals surface area contributed by atoms with Crippen LogP contribution >= 0.6 is 0 Å². The Bertz CT molecular complexity index is 950. The molecule has 212 valence electrons. The summed E-state index contributed by atoms with van der Waals surface area (Å²) in [7, 11) is 0. The zero-order chi connectivity index (χ0) is 28.6. The van der Waals surface area contributed by atoms with Gasteiger partial charge >= 0.3 is 240 Å². The van der Waals surface area contributed by atoms with Crippen LogP contribution in [0.3, 0.4) is 0 Å². The Kier molecular flexibility index (Phi) is 14.2. The normalized spacial score (nSPS) is 10.4. The third-order valence-corrected chi connectivity index (χ3v) is 8.04. The maximum atomic E-state index is 12.1. The summed E-state index contributed by atoms with van der Waals surface area (Å²) in [6, 6.07) is 15.5. The molecule has 2 aromatic rings. The van der Waals surface area contributed by atoms with E-state index in [2.05, 4.69) is 0 Å². The predicted molar refractivity (Wildman–Crippen MR) is 149 cm³/mol. The van der Waals surface area contributed by atoms with Gasteiger partial charge in [0, 0.05) is 0 Å². The van der Waals surface area contributed by atoms with Gasteiger partial charge in [-0.3, -0.25) is 0 Å². The van der Waals surface area contributed by atoms with Crippen LogP contribution in [-0.4, -0.2) is 97.4 Å². The molecular formula is C28H36N2O8Te. The Hall–Kier alpha value is -3.29. The number of rotatable bonds is 16. The van der Waals surface area contributed by atoms with Crippen LogP contribution in [-0.2, 0) is 38.1 Å². The van der Waals surface area contributed by atoms with Crippen molar-refractivity contribution in [3.63, 3.8) is 0 Å². The number of hydrogen-bond donors (Lipinski definition) is 0. The summed E-state index contributed by atoms with van der Waals surface area (Å²) >= 11 is -0.745. The molecule has 2 rings (SSSR count). The monoisotopic (exact) mass is 658 g/mol. The molecule has 0 radical (unpaired) electrons. The zero-order valence-corrected chi connectivity index (χ0v) is 25.2. The molecule has 10 nitrogen and oxygen atoms in total. The number of ether oxygens (including phenoxy) is 4. The summed E-state index contributed by atoms with van der Waals surface area (Å²) in [6.07, 6.45) is 0. The van der Waals surface area contributed by atoms with E-state index >= 15 is 0 Å². The van der Waals surface area contributed by atoms with Crippen LogP contribution in [0.5, 0.6) is 0 Å². The van der Waals surface area contributed by atoms with Gasteiger partial charge in [0.2, 0.25) is 0 Å². The first-order chi connectivity index (χ1) is 18.8. The third-order valence-electron chi connectivity index (χ3n) is 5.14. The van der Waals surface area contributed by atoms with E-state index in [1.165, 1.54) is 0 Å². The van der Waals surface area contributed by atoms with E-state index in [9.17, 15) is 19.2 Å². The van der Waals surface area contributed by atoms with Crippen molar-refractivity contribution in [2.24, 2.45) is 0 Å². The zero-order valence-electron chi connectivity index (χ0n) is 22.8. The first kappa shape index (κ1) is 31.9. The van der Waals surface area contributed by atoms with Crippen molar-refractivity contribution >= 4 is 63.4 Å². The third kappa shape index (κ3) is 11.5. The summed E-state index contributed by atoms with van der Waals surface area (Å²) in [5.74, 6) is -1.67. The van der Waals surface area contributed by atoms with Gasteiger partial charge < -0.3 is 0 Å². The number of hydrogen-bond acceptors (Lipinski definition) is 10. The van der Waals surface area contributed by atoms with Crippen LogP contribution in [0.2, 0.25) is 0 Å². The average Bonchev–Trinajstić information content (AvgIpc) is 2.89. The average molecular weight is 656 g/mol. The fourth-order valence-corrected chi connectivity index (χ4v) is 5.84. The van der Waals surface area contributed by atoms with Crippen LogP contribution < -0.4 is 17.0 Å². The van der Waals surface area contributed by atoms with Crippen molar-refractivity contribution < 1.29 is 38.1 Å². The fraction of sp³-hybridized carbons (Fsp3) is 0.429. The molecule has 0 atom stereocenters. The number of nitrogens with zero attached hydrogens (tertiary/aromatic N) is 2. The van der Waals surface area contributed by atoms with Gasteiger partial charge in [-0.05, 0) is 0 Å². The van der Waals surface area contributed by atoms with E-state index in [0.717, 1.165) is 18.6 Å². The predicted octanol–water partition coefficient (Wildman–Crippen LogP) is 1.21. The van der Waals surface area contributed by atoms with Crippen LogP contribution in [0.15, 0.2) is 48.5 Å². The second kappa shape index (κ2) is 17.3. The maximum absolute atomic E-state index is 12.1. The molecule has 0 aliphatic rings. The van der Waals surface area contributed by atoms with Gasteiger partial charge in [0.05, 0.1) is 0 Å². The second-order valence-electron chi connectivity index (χ2n) is 8.02. The van der Waals surface area contributed by atoms with Crippen LogP contribution in [0.1, 0.15) is 27.7 Å². The minimum absolute atomic E-state index is 0.0573. The van der Waals surface area contributed by atoms with Gasteiger partial charge in [0.15, 0.2) is 0 Å². The number of carbonyl (C=O) groups excluding carboxylic acids is 4. The molecule has 0 unspecified atom stereocenters. The van der Waals surface area contributed by atoms with Crippen molar-refractivity contribution in [1.29, 1.82) is 0 Å². The van der Waals surface area contributed by atoms with Gasteiger partial charge in [-0.15, -0.1) is 0 Å². The van der Waals surface area contributed by atoms with E-state index in [4.69, 9.17) is 18.9 Å². The van der Waals surface area contributed by atoms with E-state index in [1.54, 1.807) is 37.5 Å². The number of esters is 4. The van der Waals surface area contributed by atoms with Gasteiger partial charge in [-0.2, -0.15) is 0 Å². The number of carbonyl (C=O) groups is 4. The Balaban J connectivity index is 2.12. The van der Waals surface area contributed by atoms with Crippen molar-refractivity contribution in [2.45, 2.75) is 27.7 Å². The van der Waals surface area contributed by atoms with Gasteiger partial charge in [0.25, 0.3) is 0 Å². The second-order valence-corrected chi connectivity index (χ2v) is 11.3. The Morgan fingerprint density at radius 3 is 1.00 bits per heavy atom. The minimum atomic E-state index is -0.745. The standard InChI is InChI=1S/C28H36N2O8Te/c1-5-35-25(31)17-29(18-26(32)36-6-2)21-9-13-23(14-10-21)39-24-15-11-22(12-16-24)30(19-27(33)37-7-3)20-28(34)38-8-4/h9-16H,5-8,17-20H2,1-4H3. The number of anilines is 2. The van der Waals surface area contributed by atoms with Crippen LogP contribution in [0, 0.1) is 0 Å². The SMILES string of the molecule is CCOC(=O)CN(CC(=O)OCC)c1ccc([Te]c2ccc(N(CC(=O)OCC)CC(=O)OCC)cc2)cc1. The molecular weight excluding hydrogens is 620 g/mol. The topological polar surface area (TPSA) is 112 Å². The van der Waals surface area contributed by atoms with E-state index in [0.29, 0.717) is 0 Å². The van der Waals surface area contributed by atoms with E-state index in [-0.39, 0.29) is 52.6 Å². The summed E-state index contributed by atoms with van der Waals surface area (Å²) < 4.78 is 22.5. The Labute approximate surface area is 239 Å². The molecule has 39 heavy (non-hydrogen) atoms.